The topological polar surface area (TPSA) is 93.5 Å². The summed E-state index contributed by atoms with van der Waals surface area (Å²) in [5, 5.41) is 1.59. The van der Waals surface area contributed by atoms with Crippen molar-refractivity contribution in [2.24, 2.45) is 5.73 Å². The Hall–Kier alpha value is -1.35. The number of nitrogens with one attached hydrogen (secondary N) is 2. The van der Waals surface area contributed by atoms with Crippen LogP contribution in [0.2, 0.25) is 0 Å². The fourth-order valence-electron chi connectivity index (χ4n) is 0.500. The van der Waals surface area contributed by atoms with E-state index in [0.29, 0.717) is 0 Å². The van der Waals surface area contributed by atoms with Crippen molar-refractivity contribution in [2.45, 2.75) is 6.18 Å². The molecule has 0 aromatic heterocycles. The second kappa shape index (κ2) is 6.19. The van der Waals surface area contributed by atoms with Crippen molar-refractivity contribution < 1.29 is 27.6 Å². The first-order valence-electron chi connectivity index (χ1n) is 3.77. The average molecular weight is 229 g/mol. The molecule has 4 N–H and O–H groups in total. The van der Waals surface area contributed by atoms with Gasteiger partial charge in [0.15, 0.2) is 0 Å². The highest BCUT2D eigenvalue weighted by Crippen LogP contribution is 2.11. The van der Waals surface area contributed by atoms with Gasteiger partial charge in [-0.15, -0.1) is 0 Å². The Kier molecular flexibility index (Phi) is 5.64. The van der Waals surface area contributed by atoms with Gasteiger partial charge in [-0.2, -0.15) is 18.7 Å². The average Bonchev–Trinajstić information content (AvgIpc) is 2.07. The zero-order chi connectivity index (χ0) is 11.9. The molecule has 0 saturated heterocycles. The highest BCUT2D eigenvalue weighted by molar-refractivity contribution is 5.78. The largest absolute Gasteiger partial charge is 0.405 e. The monoisotopic (exact) mass is 229 g/mol. The summed E-state index contributed by atoms with van der Waals surface area (Å²) >= 11 is 0. The van der Waals surface area contributed by atoms with Gasteiger partial charge in [0.25, 0.3) is 0 Å². The highest BCUT2D eigenvalue weighted by atomic mass is 19.4. The number of rotatable bonds is 6. The molecule has 0 fully saturated rings. The number of primary amides is 1. The molecule has 0 saturated carbocycles. The number of alkyl halides is 3. The van der Waals surface area contributed by atoms with E-state index in [9.17, 15) is 22.8 Å². The molecule has 6 nitrogen and oxygen atoms in total. The van der Waals surface area contributed by atoms with Crippen LogP contribution in [-0.2, 0) is 14.4 Å². The number of hydroxylamine groups is 1. The molecule has 0 bridgehead atoms. The van der Waals surface area contributed by atoms with Crippen molar-refractivity contribution in [3.63, 3.8) is 0 Å². The van der Waals surface area contributed by atoms with Crippen LogP contribution >= 0.6 is 0 Å². The number of amides is 2. The van der Waals surface area contributed by atoms with Crippen molar-refractivity contribution in [3.8, 4) is 0 Å². The number of carbonyl (C=O) groups is 2. The summed E-state index contributed by atoms with van der Waals surface area (Å²) in [5.41, 5.74) is 6.64. The normalized spacial score (nSPS) is 11.1. The highest BCUT2D eigenvalue weighted by Gasteiger charge is 2.27. The Morgan fingerprint density at radius 3 is 2.40 bits per heavy atom. The van der Waals surface area contributed by atoms with Gasteiger partial charge in [0.2, 0.25) is 11.8 Å². The molecule has 0 radical (unpaired) electrons. The zero-order valence-corrected chi connectivity index (χ0v) is 7.56. The molecule has 9 heteroatoms. The molecular weight excluding hydrogens is 219 g/mol. The summed E-state index contributed by atoms with van der Waals surface area (Å²) < 4.78 is 34.7. The lowest BCUT2D eigenvalue weighted by molar-refractivity contribution is -0.140. The van der Waals surface area contributed by atoms with E-state index >= 15 is 0 Å². The third-order valence-corrected chi connectivity index (χ3v) is 1.04. The molecule has 15 heavy (non-hydrogen) atoms. The summed E-state index contributed by atoms with van der Waals surface area (Å²) in [5.74, 6) is -1.67. The number of halogens is 3. The van der Waals surface area contributed by atoms with Crippen molar-refractivity contribution in [3.05, 3.63) is 0 Å². The van der Waals surface area contributed by atoms with E-state index in [1.165, 1.54) is 0 Å². The quantitative estimate of drug-likeness (QED) is 0.388. The second-order valence-electron chi connectivity index (χ2n) is 2.47. The molecule has 0 aromatic rings. The Balaban J connectivity index is 3.46. The van der Waals surface area contributed by atoms with Crippen molar-refractivity contribution in [1.29, 1.82) is 0 Å². The maximum atomic E-state index is 11.6. The predicted molar refractivity (Wildman–Crippen MR) is 42.2 cm³/mol. The van der Waals surface area contributed by atoms with Gasteiger partial charge in [-0.1, -0.05) is 0 Å². The lowest BCUT2D eigenvalue weighted by Gasteiger charge is -2.08. The zero-order valence-electron chi connectivity index (χ0n) is 7.56. The van der Waals surface area contributed by atoms with E-state index in [2.05, 4.69) is 10.6 Å². The third-order valence-electron chi connectivity index (χ3n) is 1.04. The molecule has 0 spiro atoms. The SMILES string of the molecule is NC(=O)CONCC(=O)NCC(F)(F)F. The third kappa shape index (κ3) is 10.6. The van der Waals surface area contributed by atoms with E-state index in [1.54, 1.807) is 5.32 Å². The van der Waals surface area contributed by atoms with Crippen molar-refractivity contribution in [1.82, 2.24) is 10.8 Å². The van der Waals surface area contributed by atoms with Crippen LogP contribution in [0.3, 0.4) is 0 Å². The van der Waals surface area contributed by atoms with Gasteiger partial charge >= 0.3 is 6.18 Å². The number of hydrogen-bond donors (Lipinski definition) is 3. The first kappa shape index (κ1) is 13.7. The molecule has 0 unspecified atom stereocenters. The summed E-state index contributed by atoms with van der Waals surface area (Å²) in [6, 6.07) is 0. The molecule has 0 aliphatic rings. The van der Waals surface area contributed by atoms with Crippen LogP contribution in [0.15, 0.2) is 0 Å². The van der Waals surface area contributed by atoms with Crippen LogP contribution in [0.1, 0.15) is 0 Å². The Morgan fingerprint density at radius 2 is 1.93 bits per heavy atom. The first-order valence-corrected chi connectivity index (χ1v) is 3.77. The van der Waals surface area contributed by atoms with Gasteiger partial charge in [0, 0.05) is 0 Å². The molecule has 0 rings (SSSR count). The van der Waals surface area contributed by atoms with E-state index in [-0.39, 0.29) is 0 Å². The van der Waals surface area contributed by atoms with Gasteiger partial charge in [0.1, 0.15) is 13.2 Å². The fraction of sp³-hybridized carbons (Fsp3) is 0.667. The second-order valence-corrected chi connectivity index (χ2v) is 2.47. The summed E-state index contributed by atoms with van der Waals surface area (Å²) in [6.07, 6.45) is -4.45. The summed E-state index contributed by atoms with van der Waals surface area (Å²) in [4.78, 5) is 25.1. The molecule has 0 aliphatic carbocycles. The van der Waals surface area contributed by atoms with Crippen LogP contribution in [0.4, 0.5) is 13.2 Å². The maximum absolute atomic E-state index is 11.6. The summed E-state index contributed by atoms with van der Waals surface area (Å²) in [7, 11) is 0. The lowest BCUT2D eigenvalue weighted by Crippen LogP contribution is -2.39. The maximum Gasteiger partial charge on any atom is 0.405 e. The van der Waals surface area contributed by atoms with Gasteiger partial charge in [-0.05, 0) is 0 Å². The van der Waals surface area contributed by atoms with E-state index in [1.807, 2.05) is 5.48 Å². The molecule has 88 valence electrons. The molecule has 2 amide bonds. The minimum absolute atomic E-state index is 0.466. The lowest BCUT2D eigenvalue weighted by atomic mass is 10.5. The predicted octanol–water partition coefficient (Wildman–Crippen LogP) is -1.33. The Bertz CT molecular complexity index is 231. The minimum Gasteiger partial charge on any atom is -0.368 e. The number of hydrogen-bond acceptors (Lipinski definition) is 4. The van der Waals surface area contributed by atoms with E-state index in [4.69, 9.17) is 0 Å². The molecule has 0 heterocycles. The first-order chi connectivity index (χ1) is 6.81. The molecule has 0 aliphatic heterocycles. The Labute approximate surface area is 82.9 Å². The van der Waals surface area contributed by atoms with E-state index < -0.39 is 37.7 Å². The smallest absolute Gasteiger partial charge is 0.368 e. The van der Waals surface area contributed by atoms with Crippen LogP contribution < -0.4 is 16.5 Å². The van der Waals surface area contributed by atoms with Crippen LogP contribution in [-0.4, -0.2) is 37.7 Å². The van der Waals surface area contributed by atoms with E-state index in [0.717, 1.165) is 0 Å². The van der Waals surface area contributed by atoms with Gasteiger partial charge < -0.3 is 11.1 Å². The van der Waals surface area contributed by atoms with Gasteiger partial charge in [-0.25, -0.2) is 0 Å². The van der Waals surface area contributed by atoms with Crippen LogP contribution in [0.5, 0.6) is 0 Å². The molecule has 0 atom stereocenters. The van der Waals surface area contributed by atoms with Crippen molar-refractivity contribution >= 4 is 11.8 Å². The van der Waals surface area contributed by atoms with Crippen molar-refractivity contribution in [2.75, 3.05) is 19.7 Å². The standard InChI is InChI=1S/C6H10F3N3O3/c7-6(8,9)3-11-5(14)1-12-15-2-4(10)13/h12H,1-3H2,(H2,10,13)(H,11,14). The number of carbonyl (C=O) groups excluding carboxylic acids is 2. The Morgan fingerprint density at radius 1 is 1.33 bits per heavy atom. The summed E-state index contributed by atoms with van der Waals surface area (Å²) in [6.45, 7) is -2.38. The van der Waals surface area contributed by atoms with Gasteiger partial charge in [0.05, 0.1) is 6.54 Å². The van der Waals surface area contributed by atoms with Gasteiger partial charge in [-0.3, -0.25) is 14.4 Å². The molecular formula is C6H10F3N3O3. The minimum atomic E-state index is -4.45. The molecule has 0 aromatic carbocycles. The number of nitrogens with two attached hydrogens (primary N) is 1. The fourth-order valence-corrected chi connectivity index (χ4v) is 0.500. The van der Waals surface area contributed by atoms with Crippen LogP contribution in [0, 0.1) is 0 Å². The van der Waals surface area contributed by atoms with Crippen LogP contribution in [0.25, 0.3) is 0 Å².